The van der Waals surface area contributed by atoms with Gasteiger partial charge in [-0.3, -0.25) is 9.59 Å². The number of hydrogen-bond acceptors (Lipinski definition) is 9. The van der Waals surface area contributed by atoms with Crippen molar-refractivity contribution in [2.24, 2.45) is 5.90 Å². The van der Waals surface area contributed by atoms with E-state index in [4.69, 9.17) is 35.7 Å². The van der Waals surface area contributed by atoms with Crippen LogP contribution in [0.2, 0.25) is 0 Å². The van der Waals surface area contributed by atoms with E-state index in [0.29, 0.717) is 0 Å². The van der Waals surface area contributed by atoms with Gasteiger partial charge in [0.05, 0.1) is 26.1 Å². The maximum Gasteiger partial charge on any atom is 0.303 e. The first-order chi connectivity index (χ1) is 9.67. The van der Waals surface area contributed by atoms with E-state index in [9.17, 15) is 9.59 Å². The van der Waals surface area contributed by atoms with Crippen molar-refractivity contribution in [3.8, 4) is 0 Å². The van der Waals surface area contributed by atoms with Gasteiger partial charge in [-0.25, -0.2) is 5.90 Å². The van der Waals surface area contributed by atoms with Crippen molar-refractivity contribution in [3.63, 3.8) is 0 Å². The quantitative estimate of drug-likeness (QED) is 0.193. The second-order valence-electron chi connectivity index (χ2n) is 3.92. The molecule has 0 bridgehead atoms. The number of nitrogens with two attached hydrogens (primary N) is 1. The van der Waals surface area contributed by atoms with Gasteiger partial charge < -0.3 is 40.6 Å². The number of aliphatic hydroxyl groups excluding tert-OH is 5. The third-order valence-electron chi connectivity index (χ3n) is 2.15. The van der Waals surface area contributed by atoms with Crippen LogP contribution < -0.4 is 5.90 Å². The van der Waals surface area contributed by atoms with Crippen molar-refractivity contribution in [1.82, 2.24) is 0 Å². The van der Waals surface area contributed by atoms with Gasteiger partial charge in [-0.2, -0.15) is 0 Å². The first-order valence-corrected chi connectivity index (χ1v) is 5.75. The lowest BCUT2D eigenvalue weighted by Gasteiger charge is -2.24. The van der Waals surface area contributed by atoms with Gasteiger partial charge in [0.2, 0.25) is 0 Å². The van der Waals surface area contributed by atoms with Gasteiger partial charge in [-0.1, -0.05) is 0 Å². The second-order valence-corrected chi connectivity index (χ2v) is 3.92. The Morgan fingerprint density at radius 3 is 1.57 bits per heavy atom. The summed E-state index contributed by atoms with van der Waals surface area (Å²) in [5.74, 6) is 2.46. The van der Waals surface area contributed by atoms with Crippen LogP contribution in [-0.2, 0) is 14.4 Å². The zero-order valence-corrected chi connectivity index (χ0v) is 11.1. The summed E-state index contributed by atoms with van der Waals surface area (Å²) in [6, 6.07) is 0. The maximum atomic E-state index is 9.64. The summed E-state index contributed by atoms with van der Waals surface area (Å²) in [6.07, 6.45) is -6.78. The molecule has 11 heteroatoms. The maximum absolute atomic E-state index is 9.64. The van der Waals surface area contributed by atoms with Crippen LogP contribution in [-0.4, -0.2) is 85.3 Å². The number of carboxylic acids is 2. The Morgan fingerprint density at radius 2 is 1.29 bits per heavy atom. The van der Waals surface area contributed by atoms with Crippen LogP contribution in [0, 0.1) is 0 Å². The van der Waals surface area contributed by atoms with Crippen LogP contribution in [0.3, 0.4) is 0 Å². The number of aliphatic hydroxyl groups is 5. The molecule has 0 aromatic heterocycles. The van der Waals surface area contributed by atoms with Crippen LogP contribution in [0.1, 0.15) is 12.8 Å². The van der Waals surface area contributed by atoms with Gasteiger partial charge in [0.15, 0.2) is 0 Å². The first kappa shape index (κ1) is 21.9. The molecule has 0 saturated heterocycles. The van der Waals surface area contributed by atoms with E-state index in [2.05, 4.69) is 10.7 Å². The third-order valence-corrected chi connectivity index (χ3v) is 2.15. The lowest BCUT2D eigenvalue weighted by molar-refractivity contribution is -0.143. The minimum Gasteiger partial charge on any atom is -0.481 e. The number of hydrogen-bond donors (Lipinski definition) is 8. The highest BCUT2D eigenvalue weighted by atomic mass is 16.6. The largest absolute Gasteiger partial charge is 0.481 e. The molecule has 0 rings (SSSR count). The molecule has 21 heavy (non-hydrogen) atoms. The molecular formula is C10H21NO10. The molecule has 11 nitrogen and oxygen atoms in total. The fraction of sp³-hybridized carbons (Fsp3) is 0.800. The number of carbonyl (C=O) groups is 2. The predicted molar refractivity (Wildman–Crippen MR) is 65.8 cm³/mol. The van der Waals surface area contributed by atoms with E-state index in [1.165, 1.54) is 0 Å². The van der Waals surface area contributed by atoms with E-state index in [1.807, 2.05) is 0 Å². The van der Waals surface area contributed by atoms with E-state index >= 15 is 0 Å². The number of carboxylic acid groups (broad SMARTS) is 2. The van der Waals surface area contributed by atoms with Gasteiger partial charge in [0.1, 0.15) is 24.4 Å². The second kappa shape index (κ2) is 12.4. The van der Waals surface area contributed by atoms with Crippen molar-refractivity contribution < 1.29 is 50.2 Å². The minimum atomic E-state index is -1.64. The highest BCUT2D eigenvalue weighted by molar-refractivity contribution is 5.75. The fourth-order valence-electron chi connectivity index (χ4n) is 0.974. The zero-order valence-electron chi connectivity index (χ0n) is 11.1. The number of aliphatic carboxylic acids is 2. The van der Waals surface area contributed by atoms with Gasteiger partial charge in [-0.05, 0) is 0 Å². The minimum absolute atomic E-state index is 0.296. The molecule has 0 radical (unpaired) electrons. The Morgan fingerprint density at radius 1 is 0.905 bits per heavy atom. The molecule has 0 heterocycles. The molecule has 0 fully saturated rings. The van der Waals surface area contributed by atoms with Gasteiger partial charge in [0, 0.05) is 0 Å². The zero-order chi connectivity index (χ0) is 17.0. The lowest BCUT2D eigenvalue weighted by Crippen LogP contribution is -2.47. The standard InChI is InChI=1S/C6H15NO6.C4H6O4/c7-13-2-4(10)6(12)5(11)3(9)1-8;5-3(6)1-2-4(7)8/h3-6,8-12H,1-2,7H2;1-2H2,(H,5,6)(H,7,8)/t3-,4+,5-,6-;/m1./s1. The molecule has 0 spiro atoms. The molecule has 0 aliphatic rings. The Bertz CT molecular complexity index is 286. The van der Waals surface area contributed by atoms with E-state index in [-0.39, 0.29) is 19.4 Å². The highest BCUT2D eigenvalue weighted by Gasteiger charge is 2.29. The van der Waals surface area contributed by atoms with Crippen LogP contribution >= 0.6 is 0 Å². The van der Waals surface area contributed by atoms with Crippen molar-refractivity contribution in [2.45, 2.75) is 37.3 Å². The smallest absolute Gasteiger partial charge is 0.303 e. The molecule has 0 aromatic rings. The Hall–Kier alpha value is -1.34. The molecule has 0 saturated carbocycles. The van der Waals surface area contributed by atoms with E-state index in [0.717, 1.165) is 0 Å². The Kier molecular flexibility index (Phi) is 13.0. The van der Waals surface area contributed by atoms with E-state index in [1.54, 1.807) is 0 Å². The van der Waals surface area contributed by atoms with Gasteiger partial charge in [-0.15, -0.1) is 0 Å². The normalized spacial score (nSPS) is 16.1. The van der Waals surface area contributed by atoms with Crippen LogP contribution in [0.25, 0.3) is 0 Å². The molecule has 4 atom stereocenters. The van der Waals surface area contributed by atoms with Crippen molar-refractivity contribution in [1.29, 1.82) is 0 Å². The molecule has 0 unspecified atom stereocenters. The number of rotatable bonds is 9. The van der Waals surface area contributed by atoms with Crippen LogP contribution in [0.5, 0.6) is 0 Å². The molecule has 0 aliphatic carbocycles. The summed E-state index contributed by atoms with van der Waals surface area (Å²) in [7, 11) is 0. The summed E-state index contributed by atoms with van der Waals surface area (Å²) in [5.41, 5.74) is 0. The molecule has 126 valence electrons. The molecule has 0 aliphatic heterocycles. The molecule has 0 aromatic carbocycles. The first-order valence-electron chi connectivity index (χ1n) is 5.75. The van der Waals surface area contributed by atoms with Crippen molar-refractivity contribution in [3.05, 3.63) is 0 Å². The third kappa shape index (κ3) is 12.1. The summed E-state index contributed by atoms with van der Waals surface area (Å²) in [4.78, 5) is 23.3. The fourth-order valence-corrected chi connectivity index (χ4v) is 0.974. The monoisotopic (exact) mass is 315 g/mol. The molecule has 9 N–H and O–H groups in total. The van der Waals surface area contributed by atoms with E-state index < -0.39 is 43.0 Å². The van der Waals surface area contributed by atoms with Crippen molar-refractivity contribution in [2.75, 3.05) is 13.2 Å². The SMILES string of the molecule is NOC[C@H](O)[C@@H](O)[C@H](O)[C@H](O)CO.O=C(O)CCC(=O)O. The lowest BCUT2D eigenvalue weighted by atomic mass is 10.0. The summed E-state index contributed by atoms with van der Waals surface area (Å²) >= 11 is 0. The van der Waals surface area contributed by atoms with Crippen LogP contribution in [0.4, 0.5) is 0 Å². The van der Waals surface area contributed by atoms with Crippen molar-refractivity contribution >= 4 is 11.9 Å². The highest BCUT2D eigenvalue weighted by Crippen LogP contribution is 2.04. The average molecular weight is 315 g/mol. The summed E-state index contributed by atoms with van der Waals surface area (Å²) < 4.78 is 0. The predicted octanol–water partition coefficient (Wildman–Crippen LogP) is -3.75. The Labute approximate surface area is 119 Å². The van der Waals surface area contributed by atoms with Crippen LogP contribution in [0.15, 0.2) is 0 Å². The average Bonchev–Trinajstić information content (AvgIpc) is 2.43. The summed E-state index contributed by atoms with van der Waals surface area (Å²) in [6.45, 7) is -1.09. The van der Waals surface area contributed by atoms with Gasteiger partial charge in [0.25, 0.3) is 0 Å². The molecular weight excluding hydrogens is 294 g/mol. The molecule has 0 amide bonds. The van der Waals surface area contributed by atoms with Gasteiger partial charge >= 0.3 is 11.9 Å². The summed E-state index contributed by atoms with van der Waals surface area (Å²) in [5, 5.41) is 60.3. The topological polar surface area (TPSA) is 211 Å². The Balaban J connectivity index is 0.